The van der Waals surface area contributed by atoms with E-state index in [1.54, 1.807) is 24.3 Å². The van der Waals surface area contributed by atoms with Gasteiger partial charge in [-0.15, -0.1) is 11.3 Å². The second-order valence-corrected chi connectivity index (χ2v) is 3.71. The zero-order valence-electron chi connectivity index (χ0n) is 6.63. The van der Waals surface area contributed by atoms with Crippen LogP contribution in [0.1, 0.15) is 16.7 Å². The number of hydrogen-bond acceptors (Lipinski definition) is 2. The van der Waals surface area contributed by atoms with E-state index in [2.05, 4.69) is 6.92 Å². The van der Waals surface area contributed by atoms with Gasteiger partial charge in [-0.1, -0.05) is 0 Å². The molecule has 0 N–H and O–H groups in total. The first kappa shape index (κ1) is 8.21. The summed E-state index contributed by atoms with van der Waals surface area (Å²) in [6.45, 7) is 3.60. The van der Waals surface area contributed by atoms with Crippen molar-refractivity contribution in [3.05, 3.63) is 28.0 Å². The van der Waals surface area contributed by atoms with Crippen molar-refractivity contribution in [1.29, 1.82) is 0 Å². The number of carbonyl (C=O) groups excluding carboxylic acids is 1. The van der Waals surface area contributed by atoms with Gasteiger partial charge in [0.1, 0.15) is 0 Å². The molecule has 0 aliphatic heterocycles. The lowest BCUT2D eigenvalue weighted by molar-refractivity contribution is -0.112. The van der Waals surface area contributed by atoms with Crippen molar-refractivity contribution in [3.8, 4) is 0 Å². The Kier molecular flexibility index (Phi) is 2.60. The maximum absolute atomic E-state index is 10.5. The zero-order chi connectivity index (χ0) is 8.27. The van der Waals surface area contributed by atoms with Gasteiger partial charge in [-0.25, -0.2) is 0 Å². The van der Waals surface area contributed by atoms with Crippen LogP contribution in [0.15, 0.2) is 18.2 Å². The van der Waals surface area contributed by atoms with Crippen molar-refractivity contribution in [2.45, 2.75) is 13.8 Å². The molecule has 0 unspecified atom stereocenters. The molecule has 2 heteroatoms. The van der Waals surface area contributed by atoms with E-state index in [0.717, 1.165) is 4.88 Å². The number of allylic oxidation sites excluding steroid dienone is 1. The van der Waals surface area contributed by atoms with Gasteiger partial charge in [0.15, 0.2) is 5.78 Å². The fourth-order valence-electron chi connectivity index (χ4n) is 0.742. The maximum atomic E-state index is 10.5. The van der Waals surface area contributed by atoms with Crippen LogP contribution in [-0.4, -0.2) is 5.78 Å². The van der Waals surface area contributed by atoms with Crippen LogP contribution in [0.3, 0.4) is 0 Å². The Morgan fingerprint density at radius 2 is 2.27 bits per heavy atom. The molecule has 0 saturated heterocycles. The Hall–Kier alpha value is -0.890. The highest BCUT2D eigenvalue weighted by Crippen LogP contribution is 2.16. The Labute approximate surface area is 70.4 Å². The number of aryl methyl sites for hydroxylation is 1. The number of hydrogen-bond donors (Lipinski definition) is 0. The van der Waals surface area contributed by atoms with Gasteiger partial charge in [0.2, 0.25) is 0 Å². The van der Waals surface area contributed by atoms with Crippen molar-refractivity contribution in [3.63, 3.8) is 0 Å². The largest absolute Gasteiger partial charge is 0.295 e. The van der Waals surface area contributed by atoms with Gasteiger partial charge in [0, 0.05) is 9.75 Å². The van der Waals surface area contributed by atoms with E-state index >= 15 is 0 Å². The summed E-state index contributed by atoms with van der Waals surface area (Å²) in [5, 5.41) is 0. The first-order valence-corrected chi connectivity index (χ1v) is 4.25. The van der Waals surface area contributed by atoms with Crippen LogP contribution in [0.4, 0.5) is 0 Å². The molecule has 0 bridgehead atoms. The summed E-state index contributed by atoms with van der Waals surface area (Å²) in [4.78, 5) is 12.9. The first-order chi connectivity index (χ1) is 5.18. The molecule has 1 nitrogen and oxygen atoms in total. The molecule has 58 valence electrons. The minimum Gasteiger partial charge on any atom is -0.295 e. The topological polar surface area (TPSA) is 17.1 Å². The molecule has 0 atom stereocenters. The molecule has 1 aromatic rings. The van der Waals surface area contributed by atoms with Crippen LogP contribution in [0.5, 0.6) is 0 Å². The van der Waals surface area contributed by atoms with Crippen LogP contribution in [-0.2, 0) is 4.79 Å². The molecule has 0 spiro atoms. The van der Waals surface area contributed by atoms with E-state index in [-0.39, 0.29) is 5.78 Å². The van der Waals surface area contributed by atoms with Gasteiger partial charge in [-0.3, -0.25) is 4.79 Å². The van der Waals surface area contributed by atoms with E-state index in [1.807, 2.05) is 18.2 Å². The molecule has 1 heterocycles. The molecule has 0 fully saturated rings. The van der Waals surface area contributed by atoms with E-state index in [9.17, 15) is 4.79 Å². The molecule has 0 saturated carbocycles. The molecular weight excluding hydrogens is 156 g/mol. The summed E-state index contributed by atoms with van der Waals surface area (Å²) in [5.74, 6) is 0.0936. The first-order valence-electron chi connectivity index (χ1n) is 3.43. The molecule has 0 amide bonds. The van der Waals surface area contributed by atoms with Crippen molar-refractivity contribution < 1.29 is 4.79 Å². The van der Waals surface area contributed by atoms with Crippen LogP contribution in [0.25, 0.3) is 6.08 Å². The van der Waals surface area contributed by atoms with Crippen LogP contribution in [0, 0.1) is 6.92 Å². The molecule has 11 heavy (non-hydrogen) atoms. The lowest BCUT2D eigenvalue weighted by atomic mass is 10.3. The number of rotatable bonds is 2. The van der Waals surface area contributed by atoms with E-state index < -0.39 is 0 Å². The molecule has 0 radical (unpaired) electrons. The number of carbonyl (C=O) groups is 1. The minimum absolute atomic E-state index is 0.0936. The van der Waals surface area contributed by atoms with Crippen molar-refractivity contribution in [2.75, 3.05) is 0 Å². The fourth-order valence-corrected chi connectivity index (χ4v) is 1.52. The molecular formula is C9H10OS. The summed E-state index contributed by atoms with van der Waals surface area (Å²) in [5.41, 5.74) is 0. The predicted octanol–water partition coefficient (Wildman–Crippen LogP) is 2.66. The number of thiophene rings is 1. The Morgan fingerprint density at radius 1 is 1.55 bits per heavy atom. The highest BCUT2D eigenvalue weighted by atomic mass is 32.1. The predicted molar refractivity (Wildman–Crippen MR) is 48.8 cm³/mol. The Morgan fingerprint density at radius 3 is 2.73 bits per heavy atom. The summed E-state index contributed by atoms with van der Waals surface area (Å²) >= 11 is 1.69. The summed E-state index contributed by atoms with van der Waals surface area (Å²) in [6, 6.07) is 4.06. The third-order valence-electron chi connectivity index (χ3n) is 1.24. The normalized spacial score (nSPS) is 10.7. The molecule has 1 aromatic heterocycles. The van der Waals surface area contributed by atoms with E-state index in [4.69, 9.17) is 0 Å². The number of ketones is 1. The maximum Gasteiger partial charge on any atom is 0.152 e. The second kappa shape index (κ2) is 3.49. The monoisotopic (exact) mass is 166 g/mol. The highest BCUT2D eigenvalue weighted by Gasteiger charge is 1.90. The van der Waals surface area contributed by atoms with E-state index in [1.165, 1.54) is 4.88 Å². The minimum atomic E-state index is 0.0936. The lowest BCUT2D eigenvalue weighted by Crippen LogP contribution is -1.77. The summed E-state index contributed by atoms with van der Waals surface area (Å²) in [6.07, 6.45) is 3.44. The van der Waals surface area contributed by atoms with Crippen molar-refractivity contribution in [2.24, 2.45) is 0 Å². The third kappa shape index (κ3) is 2.68. The van der Waals surface area contributed by atoms with Crippen LogP contribution < -0.4 is 0 Å². The van der Waals surface area contributed by atoms with Gasteiger partial charge >= 0.3 is 0 Å². The molecule has 0 aliphatic rings. The average Bonchev–Trinajstić information content (AvgIpc) is 2.31. The lowest BCUT2D eigenvalue weighted by Gasteiger charge is -1.80. The summed E-state index contributed by atoms with van der Waals surface area (Å²) in [7, 11) is 0. The molecule has 1 rings (SSSR count). The molecule has 0 aliphatic carbocycles. The Bertz CT molecular complexity index is 284. The van der Waals surface area contributed by atoms with Crippen molar-refractivity contribution in [1.82, 2.24) is 0 Å². The van der Waals surface area contributed by atoms with Crippen LogP contribution in [0.2, 0.25) is 0 Å². The smallest absolute Gasteiger partial charge is 0.152 e. The van der Waals surface area contributed by atoms with Gasteiger partial charge in [-0.2, -0.15) is 0 Å². The Balaban J connectivity index is 2.71. The van der Waals surface area contributed by atoms with E-state index in [0.29, 0.717) is 0 Å². The van der Waals surface area contributed by atoms with Crippen LogP contribution >= 0.6 is 11.3 Å². The second-order valence-electron chi connectivity index (χ2n) is 2.39. The quantitative estimate of drug-likeness (QED) is 0.617. The fraction of sp³-hybridized carbons (Fsp3) is 0.222. The highest BCUT2D eigenvalue weighted by molar-refractivity contribution is 7.12. The molecule has 0 aromatic carbocycles. The van der Waals surface area contributed by atoms with Gasteiger partial charge in [-0.05, 0) is 38.1 Å². The third-order valence-corrected chi connectivity index (χ3v) is 2.21. The van der Waals surface area contributed by atoms with Crippen molar-refractivity contribution >= 4 is 23.2 Å². The average molecular weight is 166 g/mol. The van der Waals surface area contributed by atoms with Gasteiger partial charge in [0.25, 0.3) is 0 Å². The summed E-state index contributed by atoms with van der Waals surface area (Å²) < 4.78 is 0. The van der Waals surface area contributed by atoms with Gasteiger partial charge < -0.3 is 0 Å². The zero-order valence-corrected chi connectivity index (χ0v) is 7.44. The SMILES string of the molecule is CC(=O)/C=C/c1ccc(C)s1. The van der Waals surface area contributed by atoms with Gasteiger partial charge in [0.05, 0.1) is 0 Å². The standard InChI is InChI=1S/C9H10OS/c1-7(10)3-5-9-6-4-8(2)11-9/h3-6H,1-2H3/b5-3+.